The first kappa shape index (κ1) is 12.5. The van der Waals surface area contributed by atoms with E-state index in [1.807, 2.05) is 0 Å². The van der Waals surface area contributed by atoms with E-state index in [0.29, 0.717) is 34.4 Å². The van der Waals surface area contributed by atoms with Crippen LogP contribution >= 0.6 is 23.2 Å². The highest BCUT2D eigenvalue weighted by atomic mass is 35.5. The van der Waals surface area contributed by atoms with E-state index in [0.717, 1.165) is 0 Å². The van der Waals surface area contributed by atoms with Crippen LogP contribution in [0.4, 0.5) is 0 Å². The van der Waals surface area contributed by atoms with Gasteiger partial charge in [-0.1, -0.05) is 23.2 Å². The number of carbonyl (C=O) groups excluding carboxylic acids is 1. The lowest BCUT2D eigenvalue weighted by Crippen LogP contribution is -2.47. The molecule has 2 rings (SSSR count). The minimum atomic E-state index is -0.477. The van der Waals surface area contributed by atoms with Gasteiger partial charge in [0.25, 0.3) is 0 Å². The highest BCUT2D eigenvalue weighted by Gasteiger charge is 2.27. The standard InChI is InChI=1S/C11H12Cl2N2O2/c1-17-10-7(4-6(12)5-8(10)13)9-11(16)15-3-2-14-9/h4-5,9,14H,2-3H2,1H3,(H,15,16). The molecular weight excluding hydrogens is 263 g/mol. The molecule has 0 aromatic heterocycles. The van der Waals surface area contributed by atoms with Crippen molar-refractivity contribution < 1.29 is 9.53 Å². The van der Waals surface area contributed by atoms with Crippen LogP contribution in [-0.2, 0) is 4.79 Å². The number of piperazine rings is 1. The first-order valence-electron chi connectivity index (χ1n) is 5.17. The van der Waals surface area contributed by atoms with Gasteiger partial charge in [0.15, 0.2) is 0 Å². The average Bonchev–Trinajstić information content (AvgIpc) is 2.28. The Morgan fingerprint density at radius 2 is 2.12 bits per heavy atom. The fourth-order valence-electron chi connectivity index (χ4n) is 1.86. The van der Waals surface area contributed by atoms with Gasteiger partial charge < -0.3 is 15.4 Å². The van der Waals surface area contributed by atoms with E-state index in [9.17, 15) is 4.79 Å². The topological polar surface area (TPSA) is 50.4 Å². The maximum Gasteiger partial charge on any atom is 0.241 e. The largest absolute Gasteiger partial charge is 0.495 e. The van der Waals surface area contributed by atoms with Gasteiger partial charge in [0.2, 0.25) is 5.91 Å². The van der Waals surface area contributed by atoms with Crippen LogP contribution in [0.3, 0.4) is 0 Å². The molecule has 0 bridgehead atoms. The number of ether oxygens (including phenoxy) is 1. The summed E-state index contributed by atoms with van der Waals surface area (Å²) < 4.78 is 5.22. The number of halogens is 2. The zero-order valence-corrected chi connectivity index (χ0v) is 10.7. The zero-order valence-electron chi connectivity index (χ0n) is 9.22. The van der Waals surface area contributed by atoms with Crippen molar-refractivity contribution >= 4 is 29.1 Å². The third-order valence-electron chi connectivity index (χ3n) is 2.59. The van der Waals surface area contributed by atoms with E-state index in [4.69, 9.17) is 27.9 Å². The van der Waals surface area contributed by atoms with Crippen LogP contribution in [0.2, 0.25) is 10.0 Å². The lowest BCUT2D eigenvalue weighted by Gasteiger charge is -2.25. The molecule has 6 heteroatoms. The fourth-order valence-corrected chi connectivity index (χ4v) is 2.44. The summed E-state index contributed by atoms with van der Waals surface area (Å²) in [5.41, 5.74) is 0.655. The van der Waals surface area contributed by atoms with Crippen LogP contribution in [0, 0.1) is 0 Å². The van der Waals surface area contributed by atoms with Gasteiger partial charge in [0, 0.05) is 23.7 Å². The summed E-state index contributed by atoms with van der Waals surface area (Å²) in [5.74, 6) is 0.374. The third kappa shape index (κ3) is 2.49. The van der Waals surface area contributed by atoms with Crippen molar-refractivity contribution in [3.63, 3.8) is 0 Å². The molecule has 1 amide bonds. The number of carbonyl (C=O) groups is 1. The van der Waals surface area contributed by atoms with Crippen molar-refractivity contribution in [3.8, 4) is 5.75 Å². The highest BCUT2D eigenvalue weighted by molar-refractivity contribution is 6.35. The Hall–Kier alpha value is -0.970. The third-order valence-corrected chi connectivity index (χ3v) is 3.09. The van der Waals surface area contributed by atoms with E-state index in [1.54, 1.807) is 12.1 Å². The van der Waals surface area contributed by atoms with Crippen LogP contribution < -0.4 is 15.4 Å². The quantitative estimate of drug-likeness (QED) is 0.864. The molecule has 1 aliphatic rings. The van der Waals surface area contributed by atoms with Crippen molar-refractivity contribution in [2.75, 3.05) is 20.2 Å². The number of benzene rings is 1. The second-order valence-corrected chi connectivity index (χ2v) is 4.53. The smallest absolute Gasteiger partial charge is 0.241 e. The van der Waals surface area contributed by atoms with Crippen molar-refractivity contribution in [1.29, 1.82) is 0 Å². The van der Waals surface area contributed by atoms with Crippen molar-refractivity contribution in [2.24, 2.45) is 0 Å². The molecule has 17 heavy (non-hydrogen) atoms. The molecule has 1 saturated heterocycles. The Labute approximate surface area is 109 Å². The zero-order chi connectivity index (χ0) is 12.4. The Balaban J connectivity index is 2.45. The number of nitrogens with one attached hydrogen (secondary N) is 2. The van der Waals surface area contributed by atoms with E-state index in [2.05, 4.69) is 10.6 Å². The lowest BCUT2D eigenvalue weighted by molar-refractivity contribution is -0.124. The number of hydrogen-bond acceptors (Lipinski definition) is 3. The van der Waals surface area contributed by atoms with Gasteiger partial charge in [-0.25, -0.2) is 0 Å². The Bertz CT molecular complexity index is 451. The summed E-state index contributed by atoms with van der Waals surface area (Å²) in [6.45, 7) is 1.32. The normalized spacial score (nSPS) is 19.9. The van der Waals surface area contributed by atoms with Gasteiger partial charge in [0.1, 0.15) is 11.8 Å². The summed E-state index contributed by atoms with van der Waals surface area (Å²) in [7, 11) is 1.51. The number of hydrogen-bond donors (Lipinski definition) is 2. The second kappa shape index (κ2) is 5.12. The summed E-state index contributed by atoms with van der Waals surface area (Å²) in [5, 5.41) is 6.76. The van der Waals surface area contributed by atoms with Gasteiger partial charge in [-0.15, -0.1) is 0 Å². The molecule has 1 unspecified atom stereocenters. The van der Waals surface area contributed by atoms with Crippen LogP contribution in [0.5, 0.6) is 5.75 Å². The molecule has 4 nitrogen and oxygen atoms in total. The molecule has 1 aromatic rings. The highest BCUT2D eigenvalue weighted by Crippen LogP contribution is 2.36. The summed E-state index contributed by atoms with van der Waals surface area (Å²) >= 11 is 12.0. The van der Waals surface area contributed by atoms with Gasteiger partial charge in [-0.3, -0.25) is 4.79 Å². The summed E-state index contributed by atoms with van der Waals surface area (Å²) in [4.78, 5) is 11.8. The van der Waals surface area contributed by atoms with Gasteiger partial charge in [-0.2, -0.15) is 0 Å². The number of rotatable bonds is 2. The van der Waals surface area contributed by atoms with E-state index < -0.39 is 6.04 Å². The van der Waals surface area contributed by atoms with Crippen molar-refractivity contribution in [2.45, 2.75) is 6.04 Å². The SMILES string of the molecule is COc1c(Cl)cc(Cl)cc1C1NCCNC1=O. The van der Waals surface area contributed by atoms with Crippen LogP contribution in [0.25, 0.3) is 0 Å². The minimum Gasteiger partial charge on any atom is -0.495 e. The first-order valence-corrected chi connectivity index (χ1v) is 5.93. The number of amides is 1. The average molecular weight is 275 g/mol. The molecular formula is C11H12Cl2N2O2. The van der Waals surface area contributed by atoms with Gasteiger partial charge >= 0.3 is 0 Å². The molecule has 0 radical (unpaired) electrons. The van der Waals surface area contributed by atoms with Crippen molar-refractivity contribution in [3.05, 3.63) is 27.7 Å². The maximum absolute atomic E-state index is 11.8. The van der Waals surface area contributed by atoms with Crippen LogP contribution in [0.15, 0.2) is 12.1 Å². The predicted octanol–water partition coefficient (Wildman–Crippen LogP) is 1.76. The van der Waals surface area contributed by atoms with Crippen LogP contribution in [-0.4, -0.2) is 26.1 Å². The van der Waals surface area contributed by atoms with Gasteiger partial charge in [-0.05, 0) is 12.1 Å². The molecule has 2 N–H and O–H groups in total. The molecule has 0 aliphatic carbocycles. The molecule has 92 valence electrons. The summed E-state index contributed by atoms with van der Waals surface area (Å²) in [6, 6.07) is 2.80. The molecule has 0 spiro atoms. The lowest BCUT2D eigenvalue weighted by atomic mass is 10.0. The van der Waals surface area contributed by atoms with Crippen molar-refractivity contribution in [1.82, 2.24) is 10.6 Å². The minimum absolute atomic E-state index is 0.104. The van der Waals surface area contributed by atoms with E-state index in [-0.39, 0.29) is 5.91 Å². The predicted molar refractivity (Wildman–Crippen MR) is 66.8 cm³/mol. The molecule has 1 atom stereocenters. The van der Waals surface area contributed by atoms with Crippen LogP contribution in [0.1, 0.15) is 11.6 Å². The molecule has 0 saturated carbocycles. The Morgan fingerprint density at radius 3 is 2.76 bits per heavy atom. The van der Waals surface area contributed by atoms with E-state index in [1.165, 1.54) is 7.11 Å². The second-order valence-electron chi connectivity index (χ2n) is 3.69. The fraction of sp³-hybridized carbons (Fsp3) is 0.364. The number of methoxy groups -OCH3 is 1. The van der Waals surface area contributed by atoms with E-state index >= 15 is 0 Å². The Kier molecular flexibility index (Phi) is 3.76. The van der Waals surface area contributed by atoms with Gasteiger partial charge in [0.05, 0.1) is 12.1 Å². The molecule has 1 aromatic carbocycles. The summed E-state index contributed by atoms with van der Waals surface area (Å²) in [6.07, 6.45) is 0. The molecule has 1 heterocycles. The molecule has 1 aliphatic heterocycles. The Morgan fingerprint density at radius 1 is 1.35 bits per heavy atom. The monoisotopic (exact) mass is 274 g/mol. The molecule has 1 fully saturated rings. The maximum atomic E-state index is 11.8. The first-order chi connectivity index (χ1) is 8.13.